The highest BCUT2D eigenvalue weighted by molar-refractivity contribution is 9.10. The topological polar surface area (TPSA) is 58.4 Å². The molecule has 0 aromatic heterocycles. The highest BCUT2D eigenvalue weighted by atomic mass is 79.9. The van der Waals surface area contributed by atoms with E-state index in [0.717, 1.165) is 30.4 Å². The molecule has 0 spiro atoms. The van der Waals surface area contributed by atoms with E-state index < -0.39 is 0 Å². The lowest BCUT2D eigenvalue weighted by atomic mass is 10.0. The van der Waals surface area contributed by atoms with Gasteiger partial charge in [-0.3, -0.25) is 9.69 Å². The van der Waals surface area contributed by atoms with Crippen molar-refractivity contribution >= 4 is 21.8 Å². The number of primary amides is 1. The number of piperidine rings is 1. The van der Waals surface area contributed by atoms with E-state index in [1.807, 2.05) is 6.07 Å². The maximum atomic E-state index is 10.9. The van der Waals surface area contributed by atoms with Crippen molar-refractivity contribution in [2.45, 2.75) is 31.8 Å². The number of hydrogen-bond donors (Lipinski definition) is 2. The number of carbonyl (C=O) groups is 1. The van der Waals surface area contributed by atoms with Crippen molar-refractivity contribution in [2.24, 2.45) is 5.73 Å². The molecule has 5 heteroatoms. The summed E-state index contributed by atoms with van der Waals surface area (Å²) in [6, 6.07) is 9.13. The number of carbonyl (C=O) groups excluding carboxylic acids is 1. The fourth-order valence-corrected chi connectivity index (χ4v) is 3.38. The lowest BCUT2D eigenvalue weighted by Crippen LogP contribution is -2.45. The minimum atomic E-state index is -0.238. The van der Waals surface area contributed by atoms with E-state index >= 15 is 0 Å². The van der Waals surface area contributed by atoms with Gasteiger partial charge in [-0.05, 0) is 31.4 Å². The first-order chi connectivity index (χ1) is 9.56. The third-order valence-corrected chi connectivity index (χ3v) is 4.55. The third-order valence-electron chi connectivity index (χ3n) is 3.82. The van der Waals surface area contributed by atoms with E-state index in [4.69, 9.17) is 5.73 Å². The molecule has 0 aliphatic carbocycles. The van der Waals surface area contributed by atoms with Crippen molar-refractivity contribution in [3.8, 4) is 0 Å². The van der Waals surface area contributed by atoms with Crippen molar-refractivity contribution in [3.05, 3.63) is 34.3 Å². The number of nitrogens with one attached hydrogen (secondary N) is 1. The van der Waals surface area contributed by atoms with E-state index in [1.54, 1.807) is 0 Å². The standard InChI is InChI=1S/C15H22BrN3O/c1-11(13-4-2-3-5-14(13)16)18-12-6-8-19(9-7-12)10-15(17)20/h2-5,11-12,18H,6-10H2,1H3,(H2,17,20). The average molecular weight is 340 g/mol. The molecule has 3 N–H and O–H groups in total. The van der Waals surface area contributed by atoms with Crippen LogP contribution in [-0.4, -0.2) is 36.5 Å². The molecule has 0 radical (unpaired) electrons. The van der Waals surface area contributed by atoms with Gasteiger partial charge < -0.3 is 11.1 Å². The van der Waals surface area contributed by atoms with Crippen LogP contribution in [0.25, 0.3) is 0 Å². The average Bonchev–Trinajstić information content (AvgIpc) is 2.41. The number of likely N-dealkylation sites (tertiary alicyclic amines) is 1. The first-order valence-electron chi connectivity index (χ1n) is 7.07. The largest absolute Gasteiger partial charge is 0.369 e. The Morgan fingerprint density at radius 1 is 1.45 bits per heavy atom. The number of nitrogens with zero attached hydrogens (tertiary/aromatic N) is 1. The maximum Gasteiger partial charge on any atom is 0.231 e. The molecule has 2 rings (SSSR count). The van der Waals surface area contributed by atoms with Crippen LogP contribution in [0.2, 0.25) is 0 Å². The molecule has 1 heterocycles. The molecule has 110 valence electrons. The quantitative estimate of drug-likeness (QED) is 0.863. The molecule has 1 aromatic carbocycles. The molecule has 1 atom stereocenters. The van der Waals surface area contributed by atoms with Crippen molar-refractivity contribution in [3.63, 3.8) is 0 Å². The molecular formula is C15H22BrN3O. The Kier molecular flexibility index (Phi) is 5.57. The SMILES string of the molecule is CC(NC1CCN(CC(N)=O)CC1)c1ccccc1Br. The summed E-state index contributed by atoms with van der Waals surface area (Å²) in [5.41, 5.74) is 6.51. The minimum Gasteiger partial charge on any atom is -0.369 e. The van der Waals surface area contributed by atoms with Gasteiger partial charge in [0.15, 0.2) is 0 Å². The summed E-state index contributed by atoms with van der Waals surface area (Å²) in [6.45, 7) is 4.44. The van der Waals surface area contributed by atoms with Crippen molar-refractivity contribution in [2.75, 3.05) is 19.6 Å². The van der Waals surface area contributed by atoms with Gasteiger partial charge in [-0.25, -0.2) is 0 Å². The molecule has 1 aliphatic rings. The highest BCUT2D eigenvalue weighted by Gasteiger charge is 2.22. The van der Waals surface area contributed by atoms with Crippen LogP contribution in [0.5, 0.6) is 0 Å². The summed E-state index contributed by atoms with van der Waals surface area (Å²) in [7, 11) is 0. The monoisotopic (exact) mass is 339 g/mol. The molecule has 20 heavy (non-hydrogen) atoms. The highest BCUT2D eigenvalue weighted by Crippen LogP contribution is 2.24. The fourth-order valence-electron chi connectivity index (χ4n) is 2.75. The molecular weight excluding hydrogens is 318 g/mol. The van der Waals surface area contributed by atoms with Gasteiger partial charge in [0, 0.05) is 29.6 Å². The van der Waals surface area contributed by atoms with E-state index in [9.17, 15) is 4.79 Å². The van der Waals surface area contributed by atoms with E-state index in [-0.39, 0.29) is 5.91 Å². The van der Waals surface area contributed by atoms with Gasteiger partial charge in [0.2, 0.25) is 5.91 Å². The van der Waals surface area contributed by atoms with Gasteiger partial charge in [0.1, 0.15) is 0 Å². The van der Waals surface area contributed by atoms with Crippen LogP contribution >= 0.6 is 15.9 Å². The van der Waals surface area contributed by atoms with Gasteiger partial charge in [0.25, 0.3) is 0 Å². The minimum absolute atomic E-state index is 0.238. The normalized spacial score (nSPS) is 18.9. The van der Waals surface area contributed by atoms with Crippen molar-refractivity contribution < 1.29 is 4.79 Å². The summed E-state index contributed by atoms with van der Waals surface area (Å²) in [4.78, 5) is 13.0. The van der Waals surface area contributed by atoms with Gasteiger partial charge in [-0.2, -0.15) is 0 Å². The zero-order valence-corrected chi connectivity index (χ0v) is 13.4. The van der Waals surface area contributed by atoms with Crippen LogP contribution in [0.4, 0.5) is 0 Å². The van der Waals surface area contributed by atoms with Crippen LogP contribution in [0.1, 0.15) is 31.4 Å². The molecule has 1 fully saturated rings. The van der Waals surface area contributed by atoms with Crippen molar-refractivity contribution in [1.82, 2.24) is 10.2 Å². The molecule has 1 unspecified atom stereocenters. The van der Waals surface area contributed by atoms with E-state index in [0.29, 0.717) is 18.6 Å². The predicted octanol–water partition coefficient (Wildman–Crippen LogP) is 2.05. The number of benzene rings is 1. The van der Waals surface area contributed by atoms with Crippen LogP contribution in [-0.2, 0) is 4.79 Å². The Balaban J connectivity index is 1.83. The smallest absolute Gasteiger partial charge is 0.231 e. The van der Waals surface area contributed by atoms with Crippen LogP contribution in [0.3, 0.4) is 0 Å². The molecule has 1 amide bonds. The summed E-state index contributed by atoms with van der Waals surface area (Å²) in [5, 5.41) is 3.68. The Bertz CT molecular complexity index is 458. The van der Waals surface area contributed by atoms with Crippen molar-refractivity contribution in [1.29, 1.82) is 0 Å². The zero-order valence-electron chi connectivity index (χ0n) is 11.8. The van der Waals surface area contributed by atoms with Gasteiger partial charge in [0.05, 0.1) is 6.54 Å². The lowest BCUT2D eigenvalue weighted by molar-refractivity contribution is -0.119. The second kappa shape index (κ2) is 7.20. The number of rotatable bonds is 5. The third kappa shape index (κ3) is 4.30. The van der Waals surface area contributed by atoms with Crippen LogP contribution in [0, 0.1) is 0 Å². The molecule has 0 saturated carbocycles. The molecule has 4 nitrogen and oxygen atoms in total. The molecule has 1 aromatic rings. The number of nitrogens with two attached hydrogens (primary N) is 1. The Labute approximate surface area is 128 Å². The van der Waals surface area contributed by atoms with Crippen LogP contribution in [0.15, 0.2) is 28.7 Å². The van der Waals surface area contributed by atoms with Crippen LogP contribution < -0.4 is 11.1 Å². The summed E-state index contributed by atoms with van der Waals surface area (Å²) >= 11 is 3.60. The van der Waals surface area contributed by atoms with Gasteiger partial charge >= 0.3 is 0 Å². The zero-order chi connectivity index (χ0) is 14.5. The number of halogens is 1. The van der Waals surface area contributed by atoms with Gasteiger partial charge in [-0.1, -0.05) is 34.1 Å². The summed E-state index contributed by atoms with van der Waals surface area (Å²) in [6.07, 6.45) is 2.12. The fraction of sp³-hybridized carbons (Fsp3) is 0.533. The predicted molar refractivity (Wildman–Crippen MR) is 84.3 cm³/mol. The van der Waals surface area contributed by atoms with E-state index in [1.165, 1.54) is 5.56 Å². The Morgan fingerprint density at radius 2 is 2.10 bits per heavy atom. The Morgan fingerprint density at radius 3 is 2.70 bits per heavy atom. The second-order valence-electron chi connectivity index (χ2n) is 5.43. The molecule has 0 bridgehead atoms. The number of amides is 1. The second-order valence-corrected chi connectivity index (χ2v) is 6.28. The van der Waals surface area contributed by atoms with Gasteiger partial charge in [-0.15, -0.1) is 0 Å². The first-order valence-corrected chi connectivity index (χ1v) is 7.86. The summed E-state index contributed by atoms with van der Waals surface area (Å²) in [5.74, 6) is -0.238. The number of hydrogen-bond acceptors (Lipinski definition) is 3. The molecule has 1 aliphatic heterocycles. The maximum absolute atomic E-state index is 10.9. The summed E-state index contributed by atoms with van der Waals surface area (Å²) < 4.78 is 1.14. The van der Waals surface area contributed by atoms with E-state index in [2.05, 4.69) is 51.3 Å². The Hall–Kier alpha value is -0.910. The lowest BCUT2D eigenvalue weighted by Gasteiger charge is -2.33. The first kappa shape index (κ1) is 15.5. The molecule has 1 saturated heterocycles.